The highest BCUT2D eigenvalue weighted by Gasteiger charge is 2.28. The molecule has 4 nitrogen and oxygen atoms in total. The van der Waals surface area contributed by atoms with E-state index in [-0.39, 0.29) is 11.9 Å². The highest BCUT2D eigenvalue weighted by atomic mass is 32.2. The van der Waals surface area contributed by atoms with E-state index in [1.807, 2.05) is 23.9 Å². The van der Waals surface area contributed by atoms with E-state index in [0.29, 0.717) is 5.25 Å². The average Bonchev–Trinajstić information content (AvgIpc) is 2.93. The molecule has 1 amide bonds. The number of hydrogen-bond donors (Lipinski definition) is 2. The first kappa shape index (κ1) is 14.2. The van der Waals surface area contributed by atoms with E-state index in [0.717, 1.165) is 24.5 Å². The summed E-state index contributed by atoms with van der Waals surface area (Å²) in [5.74, 6) is 1.94. The van der Waals surface area contributed by atoms with Gasteiger partial charge in [-0.3, -0.25) is 4.79 Å². The number of benzene rings is 1. The van der Waals surface area contributed by atoms with E-state index < -0.39 is 0 Å². The summed E-state index contributed by atoms with van der Waals surface area (Å²) in [6.07, 6.45) is 0.903. The molecule has 1 heterocycles. The van der Waals surface area contributed by atoms with Crippen molar-refractivity contribution in [2.24, 2.45) is 0 Å². The molecule has 19 heavy (non-hydrogen) atoms. The third-order valence-electron chi connectivity index (χ3n) is 3.30. The number of carbonyl (C=O) groups is 1. The summed E-state index contributed by atoms with van der Waals surface area (Å²) < 4.78 is 5.14. The van der Waals surface area contributed by atoms with Gasteiger partial charge >= 0.3 is 0 Å². The number of ether oxygens (including phenoxy) is 1. The van der Waals surface area contributed by atoms with Gasteiger partial charge in [0, 0.05) is 24.6 Å². The predicted molar refractivity (Wildman–Crippen MR) is 78.6 cm³/mol. The molecule has 1 aliphatic heterocycles. The van der Waals surface area contributed by atoms with Crippen molar-refractivity contribution in [3.63, 3.8) is 0 Å². The topological polar surface area (TPSA) is 50.4 Å². The van der Waals surface area contributed by atoms with Gasteiger partial charge in [-0.1, -0.05) is 12.1 Å². The van der Waals surface area contributed by atoms with Gasteiger partial charge in [-0.2, -0.15) is 11.8 Å². The molecule has 0 unspecified atom stereocenters. The first-order chi connectivity index (χ1) is 9.22. The number of likely N-dealkylation sites (N-methyl/N-ethyl adjacent to an activating group) is 1. The van der Waals surface area contributed by atoms with Crippen LogP contribution >= 0.6 is 11.8 Å². The van der Waals surface area contributed by atoms with Crippen molar-refractivity contribution in [1.29, 1.82) is 0 Å². The van der Waals surface area contributed by atoms with Crippen molar-refractivity contribution >= 4 is 17.7 Å². The number of hydrogen-bond acceptors (Lipinski definition) is 4. The fourth-order valence-corrected chi connectivity index (χ4v) is 3.30. The molecule has 1 aliphatic rings. The van der Waals surface area contributed by atoms with Gasteiger partial charge < -0.3 is 15.4 Å². The summed E-state index contributed by atoms with van der Waals surface area (Å²) in [5.41, 5.74) is 1.29. The van der Waals surface area contributed by atoms with E-state index in [2.05, 4.69) is 22.8 Å². The maximum Gasteiger partial charge on any atom is 0.236 e. The smallest absolute Gasteiger partial charge is 0.236 e. The molecule has 0 aliphatic carbocycles. The Morgan fingerprint density at radius 1 is 1.47 bits per heavy atom. The molecule has 2 N–H and O–H groups in total. The highest BCUT2D eigenvalue weighted by Crippen LogP contribution is 2.25. The molecule has 2 atom stereocenters. The molecule has 0 spiro atoms. The van der Waals surface area contributed by atoms with Crippen LogP contribution in [0.1, 0.15) is 12.0 Å². The molecule has 1 aromatic rings. The molecule has 1 saturated heterocycles. The van der Waals surface area contributed by atoms with Gasteiger partial charge in [0.2, 0.25) is 5.91 Å². The summed E-state index contributed by atoms with van der Waals surface area (Å²) in [6, 6.07) is 8.11. The monoisotopic (exact) mass is 280 g/mol. The molecular weight excluding hydrogens is 260 g/mol. The van der Waals surface area contributed by atoms with Gasteiger partial charge in [0.05, 0.1) is 13.2 Å². The Hall–Kier alpha value is -1.20. The quantitative estimate of drug-likeness (QED) is 0.856. The lowest BCUT2D eigenvalue weighted by Crippen LogP contribution is -2.38. The summed E-state index contributed by atoms with van der Waals surface area (Å²) in [6.45, 7) is 0.902. The summed E-state index contributed by atoms with van der Waals surface area (Å²) in [4.78, 5) is 11.5. The summed E-state index contributed by atoms with van der Waals surface area (Å²) in [7, 11) is 3.36. The van der Waals surface area contributed by atoms with Crippen LogP contribution in [0.25, 0.3) is 0 Å². The van der Waals surface area contributed by atoms with Crippen LogP contribution in [0.4, 0.5) is 0 Å². The number of carbonyl (C=O) groups excluding carboxylic acids is 1. The zero-order valence-corrected chi connectivity index (χ0v) is 12.1. The average molecular weight is 280 g/mol. The minimum absolute atomic E-state index is 0.0293. The van der Waals surface area contributed by atoms with Crippen molar-refractivity contribution in [3.8, 4) is 5.75 Å². The summed E-state index contributed by atoms with van der Waals surface area (Å²) in [5, 5.41) is 6.45. The van der Waals surface area contributed by atoms with Crippen molar-refractivity contribution in [3.05, 3.63) is 29.8 Å². The van der Waals surface area contributed by atoms with Crippen LogP contribution in [0.5, 0.6) is 5.75 Å². The maximum absolute atomic E-state index is 11.5. The van der Waals surface area contributed by atoms with E-state index in [1.165, 1.54) is 5.56 Å². The second kappa shape index (κ2) is 6.82. The maximum atomic E-state index is 11.5. The van der Waals surface area contributed by atoms with Crippen molar-refractivity contribution in [1.82, 2.24) is 10.6 Å². The fraction of sp³-hybridized carbons (Fsp3) is 0.500. The zero-order chi connectivity index (χ0) is 13.7. The van der Waals surface area contributed by atoms with Gasteiger partial charge in [0.25, 0.3) is 0 Å². The standard InChI is InChI=1S/C14H20N2O2S/c1-15-14(17)13-7-12(8-16-13)19-9-10-3-5-11(18-2)6-4-10/h3-6,12-13,16H,7-9H2,1-2H3,(H,15,17)/t12-,13-/m0/s1. The van der Waals surface area contributed by atoms with Gasteiger partial charge in [0.1, 0.15) is 5.75 Å². The Morgan fingerprint density at radius 3 is 2.84 bits per heavy atom. The van der Waals surface area contributed by atoms with Crippen LogP contribution in [0, 0.1) is 0 Å². The first-order valence-corrected chi connectivity index (χ1v) is 7.47. The lowest BCUT2D eigenvalue weighted by Gasteiger charge is -2.09. The molecule has 2 rings (SSSR count). The van der Waals surface area contributed by atoms with Crippen LogP contribution in [-0.2, 0) is 10.5 Å². The Bertz CT molecular complexity index is 422. The minimum atomic E-state index is -0.0293. The van der Waals surface area contributed by atoms with Gasteiger partial charge in [-0.05, 0) is 24.1 Å². The Kier molecular flexibility index (Phi) is 5.10. The number of amides is 1. The minimum Gasteiger partial charge on any atom is -0.497 e. The van der Waals surface area contributed by atoms with E-state index in [9.17, 15) is 4.79 Å². The number of nitrogens with one attached hydrogen (secondary N) is 2. The van der Waals surface area contributed by atoms with E-state index in [4.69, 9.17) is 4.74 Å². The van der Waals surface area contributed by atoms with Crippen molar-refractivity contribution < 1.29 is 9.53 Å². The normalized spacial score (nSPS) is 22.2. The Labute approximate surface area is 118 Å². The predicted octanol–water partition coefficient (Wildman–Crippen LogP) is 1.40. The van der Waals surface area contributed by atoms with Gasteiger partial charge in [0.15, 0.2) is 0 Å². The fourth-order valence-electron chi connectivity index (χ4n) is 2.14. The van der Waals surface area contributed by atoms with E-state index in [1.54, 1.807) is 14.2 Å². The third-order valence-corrected chi connectivity index (χ3v) is 4.63. The molecule has 0 saturated carbocycles. The highest BCUT2D eigenvalue weighted by molar-refractivity contribution is 7.99. The van der Waals surface area contributed by atoms with Crippen LogP contribution in [0.15, 0.2) is 24.3 Å². The molecule has 0 bridgehead atoms. The second-order valence-electron chi connectivity index (χ2n) is 4.59. The zero-order valence-electron chi connectivity index (χ0n) is 11.3. The number of thioether (sulfide) groups is 1. The SMILES string of the molecule is CNC(=O)[C@@H]1C[C@H](SCc2ccc(OC)cc2)CN1. The first-order valence-electron chi connectivity index (χ1n) is 6.42. The molecule has 104 valence electrons. The Morgan fingerprint density at radius 2 is 2.21 bits per heavy atom. The largest absolute Gasteiger partial charge is 0.497 e. The van der Waals surface area contributed by atoms with Crippen LogP contribution in [0.2, 0.25) is 0 Å². The van der Waals surface area contributed by atoms with Crippen molar-refractivity contribution in [2.45, 2.75) is 23.5 Å². The lowest BCUT2D eigenvalue weighted by molar-refractivity contribution is -0.122. The molecule has 1 fully saturated rings. The Balaban J connectivity index is 1.78. The van der Waals surface area contributed by atoms with Gasteiger partial charge in [-0.15, -0.1) is 0 Å². The van der Waals surface area contributed by atoms with E-state index >= 15 is 0 Å². The molecule has 0 radical (unpaired) electrons. The molecule has 1 aromatic carbocycles. The van der Waals surface area contributed by atoms with Crippen LogP contribution in [-0.4, -0.2) is 37.9 Å². The van der Waals surface area contributed by atoms with Crippen LogP contribution < -0.4 is 15.4 Å². The van der Waals surface area contributed by atoms with Gasteiger partial charge in [-0.25, -0.2) is 0 Å². The summed E-state index contributed by atoms with van der Waals surface area (Å²) >= 11 is 1.90. The molecule has 5 heteroatoms. The molecule has 0 aromatic heterocycles. The number of rotatable bonds is 5. The van der Waals surface area contributed by atoms with Crippen LogP contribution in [0.3, 0.4) is 0 Å². The lowest BCUT2D eigenvalue weighted by atomic mass is 10.2. The molecular formula is C14H20N2O2S. The second-order valence-corrected chi connectivity index (χ2v) is 5.88. The van der Waals surface area contributed by atoms with Crippen molar-refractivity contribution in [2.75, 3.05) is 20.7 Å². The third kappa shape index (κ3) is 3.88. The number of methoxy groups -OCH3 is 1.